The number of benzene rings is 3. The molecule has 1 unspecified atom stereocenters. The van der Waals surface area contributed by atoms with Gasteiger partial charge in [-0.05, 0) is 65.4 Å². The smallest absolute Gasteiger partial charge is 0.330 e. The summed E-state index contributed by atoms with van der Waals surface area (Å²) >= 11 is 0. The number of fused-ring (bicyclic) bond motifs is 1. The summed E-state index contributed by atoms with van der Waals surface area (Å²) in [6.45, 7) is -1.07. The van der Waals surface area contributed by atoms with E-state index >= 15 is 0 Å². The van der Waals surface area contributed by atoms with Gasteiger partial charge in [0.25, 0.3) is 0 Å². The van der Waals surface area contributed by atoms with Crippen LogP contribution >= 0.6 is 0 Å². The molecule has 1 aliphatic heterocycles. The van der Waals surface area contributed by atoms with Crippen molar-refractivity contribution < 1.29 is 32.5 Å². The number of carbonyl (C=O) groups is 2. The SMILES string of the molecule is [2H]C(c1ccc(-c2ccc3c(c2)S(=O)(=O)CCS3(=O)=O)cc1)N(C(=O)C1CCCCC1)c1cccc(/C=C/C(=O)OC)c1. The Balaban J connectivity index is 1.48. The van der Waals surface area contributed by atoms with Crippen LogP contribution in [0.1, 0.15) is 44.6 Å². The molecule has 1 saturated carbocycles. The molecular weight excluding hydrogens is 574 g/mol. The van der Waals surface area contributed by atoms with Gasteiger partial charge in [0.15, 0.2) is 19.7 Å². The van der Waals surface area contributed by atoms with Gasteiger partial charge in [0.05, 0.1) is 36.3 Å². The largest absolute Gasteiger partial charge is 0.466 e. The second kappa shape index (κ2) is 12.2. The van der Waals surface area contributed by atoms with Crippen LogP contribution in [0.5, 0.6) is 0 Å². The summed E-state index contributed by atoms with van der Waals surface area (Å²) in [6.07, 6.45) is 7.42. The van der Waals surface area contributed by atoms with Crippen molar-refractivity contribution in [2.75, 3.05) is 23.5 Å². The number of methoxy groups -OCH3 is 1. The molecule has 5 rings (SSSR count). The average molecular weight is 609 g/mol. The normalized spacial score (nSPS) is 18.9. The van der Waals surface area contributed by atoms with Gasteiger partial charge in [0.2, 0.25) is 5.91 Å². The molecule has 0 radical (unpaired) electrons. The quantitative estimate of drug-likeness (QED) is 0.267. The predicted molar refractivity (Wildman–Crippen MR) is 161 cm³/mol. The van der Waals surface area contributed by atoms with Crippen molar-refractivity contribution in [3.05, 3.63) is 83.9 Å². The van der Waals surface area contributed by atoms with Gasteiger partial charge in [-0.3, -0.25) is 4.79 Å². The Morgan fingerprint density at radius 1 is 0.881 bits per heavy atom. The first-order valence-corrected chi connectivity index (χ1v) is 17.1. The Morgan fingerprint density at radius 3 is 2.24 bits per heavy atom. The van der Waals surface area contributed by atoms with E-state index in [0.717, 1.165) is 32.1 Å². The number of carbonyl (C=O) groups excluding carboxylic acids is 2. The molecule has 1 fully saturated rings. The fourth-order valence-electron chi connectivity index (χ4n) is 5.36. The average Bonchev–Trinajstić information content (AvgIpc) is 3.02. The van der Waals surface area contributed by atoms with E-state index in [9.17, 15) is 27.8 Å². The van der Waals surface area contributed by atoms with Gasteiger partial charge in [0, 0.05) is 17.7 Å². The first-order valence-electron chi connectivity index (χ1n) is 14.4. The number of esters is 1. The molecule has 0 spiro atoms. The first-order chi connectivity index (χ1) is 20.5. The van der Waals surface area contributed by atoms with Gasteiger partial charge in [-0.1, -0.05) is 61.7 Å². The van der Waals surface area contributed by atoms with E-state index in [4.69, 9.17) is 0 Å². The van der Waals surface area contributed by atoms with Crippen LogP contribution in [0, 0.1) is 5.92 Å². The highest BCUT2D eigenvalue weighted by Crippen LogP contribution is 2.33. The van der Waals surface area contributed by atoms with E-state index in [1.54, 1.807) is 60.7 Å². The lowest BCUT2D eigenvalue weighted by atomic mass is 9.88. The van der Waals surface area contributed by atoms with Crippen LogP contribution in [-0.2, 0) is 40.5 Å². The standard InChI is InChI=1S/C32H33NO7S2/c1-40-31(34)17-12-23-6-5-9-28(20-23)33(32(35)26-7-3-2-4-8-26)22-24-10-13-25(14-11-24)27-15-16-29-30(21-27)42(38,39)19-18-41(29,36)37/h5-6,9-17,20-21,26H,2-4,7-8,18-19,22H2,1H3/b17-12+/i22D. The number of ether oxygens (including phenoxy) is 1. The van der Waals surface area contributed by atoms with E-state index in [2.05, 4.69) is 4.74 Å². The minimum Gasteiger partial charge on any atom is -0.466 e. The first kappa shape index (κ1) is 28.4. The number of hydrogen-bond donors (Lipinski definition) is 0. The summed E-state index contributed by atoms with van der Waals surface area (Å²) in [5.41, 5.74) is 2.95. The predicted octanol–water partition coefficient (Wildman–Crippen LogP) is 5.21. The number of nitrogens with zero attached hydrogens (tertiary/aromatic N) is 1. The van der Waals surface area contributed by atoms with Gasteiger partial charge in [-0.15, -0.1) is 0 Å². The third-order valence-electron chi connectivity index (χ3n) is 7.71. The maximum absolute atomic E-state index is 13.9. The summed E-state index contributed by atoms with van der Waals surface area (Å²) in [7, 11) is -6.10. The van der Waals surface area contributed by atoms with Gasteiger partial charge in [0.1, 0.15) is 0 Å². The minimum absolute atomic E-state index is 0.126. The van der Waals surface area contributed by atoms with E-state index in [0.29, 0.717) is 27.9 Å². The summed E-state index contributed by atoms with van der Waals surface area (Å²) in [5.74, 6) is -1.70. The van der Waals surface area contributed by atoms with Crippen molar-refractivity contribution in [3.63, 3.8) is 0 Å². The third kappa shape index (κ3) is 6.50. The van der Waals surface area contributed by atoms with Crippen LogP contribution < -0.4 is 4.90 Å². The van der Waals surface area contributed by atoms with Gasteiger partial charge in [-0.25, -0.2) is 21.6 Å². The fraction of sp³-hybridized carbons (Fsp3) is 0.312. The van der Waals surface area contributed by atoms with Gasteiger partial charge >= 0.3 is 5.97 Å². The number of hydrogen-bond acceptors (Lipinski definition) is 7. The number of sulfone groups is 2. The van der Waals surface area contributed by atoms with Crippen molar-refractivity contribution >= 4 is 43.3 Å². The number of rotatable bonds is 7. The van der Waals surface area contributed by atoms with Gasteiger partial charge in [-0.2, -0.15) is 0 Å². The van der Waals surface area contributed by atoms with E-state index in [-0.39, 0.29) is 21.6 Å². The highest BCUT2D eigenvalue weighted by Gasteiger charge is 2.34. The lowest BCUT2D eigenvalue weighted by molar-refractivity contribution is -0.134. The number of amides is 1. The van der Waals surface area contributed by atoms with Crippen LogP contribution in [0.3, 0.4) is 0 Å². The van der Waals surface area contributed by atoms with Crippen molar-refractivity contribution in [2.24, 2.45) is 5.92 Å². The van der Waals surface area contributed by atoms with E-state index < -0.39 is 43.7 Å². The molecule has 3 aromatic carbocycles. The Hall–Kier alpha value is -3.76. The molecule has 220 valence electrons. The summed E-state index contributed by atoms with van der Waals surface area (Å²) in [6, 6.07) is 18.3. The van der Waals surface area contributed by atoms with Crippen LogP contribution in [0.25, 0.3) is 17.2 Å². The topological polar surface area (TPSA) is 115 Å². The zero-order valence-electron chi connectivity index (χ0n) is 24.2. The Labute approximate surface area is 248 Å². The van der Waals surface area contributed by atoms with Crippen molar-refractivity contribution in [2.45, 2.75) is 48.4 Å². The molecule has 3 aromatic rings. The third-order valence-corrected chi connectivity index (χ3v) is 11.6. The van der Waals surface area contributed by atoms with Gasteiger partial charge < -0.3 is 9.64 Å². The molecular formula is C32H33NO7S2. The minimum atomic E-state index is -3.73. The van der Waals surface area contributed by atoms with Crippen LogP contribution in [0.4, 0.5) is 5.69 Å². The maximum Gasteiger partial charge on any atom is 0.330 e. The molecule has 2 aliphatic rings. The zero-order valence-corrected chi connectivity index (χ0v) is 24.9. The fourth-order valence-corrected chi connectivity index (χ4v) is 9.64. The second-order valence-electron chi connectivity index (χ2n) is 10.5. The molecule has 1 aliphatic carbocycles. The van der Waals surface area contributed by atoms with Crippen molar-refractivity contribution in [1.29, 1.82) is 0 Å². The Bertz CT molecular complexity index is 1780. The second-order valence-corrected chi connectivity index (χ2v) is 14.7. The summed E-state index contributed by atoms with van der Waals surface area (Å²) in [5, 5.41) is 0. The molecule has 0 bridgehead atoms. The molecule has 8 nitrogen and oxygen atoms in total. The van der Waals surface area contributed by atoms with E-state index in [1.165, 1.54) is 30.2 Å². The van der Waals surface area contributed by atoms with Crippen LogP contribution in [0.2, 0.25) is 0 Å². The molecule has 0 N–H and O–H groups in total. The van der Waals surface area contributed by atoms with E-state index in [1.807, 2.05) is 0 Å². The lowest BCUT2D eigenvalue weighted by Crippen LogP contribution is -2.36. The molecule has 42 heavy (non-hydrogen) atoms. The monoisotopic (exact) mass is 608 g/mol. The molecule has 0 saturated heterocycles. The summed E-state index contributed by atoms with van der Waals surface area (Å²) < 4.78 is 64.0. The Kier molecular flexibility index (Phi) is 8.26. The molecule has 1 heterocycles. The van der Waals surface area contributed by atoms with Crippen LogP contribution in [-0.4, -0.2) is 47.3 Å². The molecule has 0 aromatic heterocycles. The lowest BCUT2D eigenvalue weighted by Gasteiger charge is -2.30. The summed E-state index contributed by atoms with van der Waals surface area (Å²) in [4.78, 5) is 26.6. The van der Waals surface area contributed by atoms with Crippen molar-refractivity contribution in [1.82, 2.24) is 0 Å². The maximum atomic E-state index is 13.9. The number of anilines is 1. The molecule has 10 heteroatoms. The Morgan fingerprint density at radius 2 is 1.55 bits per heavy atom. The van der Waals surface area contributed by atoms with Crippen LogP contribution in [0.15, 0.2) is 82.6 Å². The highest BCUT2D eigenvalue weighted by atomic mass is 32.2. The molecule has 1 atom stereocenters. The zero-order chi connectivity index (χ0) is 30.8. The molecule has 1 amide bonds. The highest BCUT2D eigenvalue weighted by molar-refractivity contribution is 7.97. The van der Waals surface area contributed by atoms with Crippen molar-refractivity contribution in [3.8, 4) is 11.1 Å².